The van der Waals surface area contributed by atoms with E-state index in [9.17, 15) is 18.3 Å². The third kappa shape index (κ3) is 6.08. The van der Waals surface area contributed by atoms with Crippen molar-refractivity contribution in [3.63, 3.8) is 0 Å². The average Bonchev–Trinajstić information content (AvgIpc) is 3.54. The first-order chi connectivity index (χ1) is 18.9. The molecule has 12 nitrogen and oxygen atoms in total. The molecule has 222 valence electrons. The van der Waals surface area contributed by atoms with Gasteiger partial charge in [-0.25, -0.2) is 13.2 Å². The van der Waals surface area contributed by atoms with Gasteiger partial charge in [-0.15, -0.1) is 0 Å². The normalized spacial score (nSPS) is 27.5. The van der Waals surface area contributed by atoms with E-state index in [1.165, 1.54) is 16.4 Å². The predicted octanol–water partition coefficient (Wildman–Crippen LogP) is 2.92. The monoisotopic (exact) mass is 580 g/mol. The zero-order valence-corrected chi connectivity index (χ0v) is 24.4. The van der Waals surface area contributed by atoms with Gasteiger partial charge in [0.25, 0.3) is 6.01 Å². The van der Waals surface area contributed by atoms with Gasteiger partial charge < -0.3 is 34.4 Å². The molecule has 2 bridgehead atoms. The standard InChI is InChI=1S/C27H40N4O8S/c1-14(2)11-31(40(34,35)18-6-7-20-22(9-18)38-26(30-20)28-15(3)4)12-21(32)16(5)29-27(33)39-23-8-17-13-36-25-19(17)10-24(23)37-25/h6-7,9,14-17,19,21,23-25,32H,8,10-13H2,1-5H3,(H,28,30)(H,29,33)/t16-,17+,19+,21+,23?,24?,25+/m0/s1. The predicted molar refractivity (Wildman–Crippen MR) is 146 cm³/mol. The van der Waals surface area contributed by atoms with Crippen LogP contribution in [0.4, 0.5) is 10.8 Å². The van der Waals surface area contributed by atoms with E-state index in [0.717, 1.165) is 6.42 Å². The van der Waals surface area contributed by atoms with E-state index in [1.54, 1.807) is 13.0 Å². The van der Waals surface area contributed by atoms with E-state index in [1.807, 2.05) is 27.7 Å². The van der Waals surface area contributed by atoms with Crippen LogP contribution >= 0.6 is 0 Å². The van der Waals surface area contributed by atoms with Crippen molar-refractivity contribution in [2.24, 2.45) is 17.8 Å². The molecule has 3 aliphatic rings. The first-order valence-corrected chi connectivity index (χ1v) is 15.4. The Balaban J connectivity index is 1.23. The summed E-state index contributed by atoms with van der Waals surface area (Å²) in [6.07, 6.45) is -1.13. The highest BCUT2D eigenvalue weighted by Gasteiger charge is 2.54. The van der Waals surface area contributed by atoms with Crippen molar-refractivity contribution in [2.45, 2.75) is 89.0 Å². The highest BCUT2D eigenvalue weighted by molar-refractivity contribution is 7.89. The number of nitrogens with one attached hydrogen (secondary N) is 2. The van der Waals surface area contributed by atoms with E-state index in [-0.39, 0.29) is 48.4 Å². The summed E-state index contributed by atoms with van der Waals surface area (Å²) in [4.78, 5) is 17.1. The first kappa shape index (κ1) is 29.1. The molecule has 0 spiro atoms. The summed E-state index contributed by atoms with van der Waals surface area (Å²) in [5.74, 6) is 0.673. The fraction of sp³-hybridized carbons (Fsp3) is 0.704. The highest BCUT2D eigenvalue weighted by atomic mass is 32.2. The van der Waals surface area contributed by atoms with Crippen LogP contribution < -0.4 is 10.6 Å². The van der Waals surface area contributed by atoms with Gasteiger partial charge in [0.2, 0.25) is 10.0 Å². The summed E-state index contributed by atoms with van der Waals surface area (Å²) in [6, 6.07) is 4.17. The van der Waals surface area contributed by atoms with Crippen molar-refractivity contribution < 1.29 is 36.9 Å². The lowest BCUT2D eigenvalue weighted by atomic mass is 9.80. The fourth-order valence-electron chi connectivity index (χ4n) is 5.71. The molecule has 1 aromatic heterocycles. The quantitative estimate of drug-likeness (QED) is 0.362. The van der Waals surface area contributed by atoms with Gasteiger partial charge in [-0.05, 0) is 57.6 Å². The maximum absolute atomic E-state index is 13.7. The number of hydrogen-bond acceptors (Lipinski definition) is 10. The second-order valence-corrected chi connectivity index (χ2v) is 13.8. The van der Waals surface area contributed by atoms with Crippen LogP contribution in [0.25, 0.3) is 11.1 Å². The number of fused-ring (bicyclic) bond motifs is 2. The smallest absolute Gasteiger partial charge is 0.407 e. The van der Waals surface area contributed by atoms with Gasteiger partial charge in [0, 0.05) is 31.1 Å². The van der Waals surface area contributed by atoms with Crippen LogP contribution in [0.15, 0.2) is 27.5 Å². The number of aliphatic hydroxyl groups is 1. The molecule has 2 unspecified atom stereocenters. The van der Waals surface area contributed by atoms with Crippen molar-refractivity contribution in [1.29, 1.82) is 0 Å². The van der Waals surface area contributed by atoms with Gasteiger partial charge >= 0.3 is 6.09 Å². The topological polar surface area (TPSA) is 152 Å². The Bertz CT molecular complexity index is 1310. The molecule has 3 N–H and O–H groups in total. The zero-order chi connectivity index (χ0) is 28.8. The van der Waals surface area contributed by atoms with E-state index in [4.69, 9.17) is 18.6 Å². The van der Waals surface area contributed by atoms with Gasteiger partial charge in [0.1, 0.15) is 11.6 Å². The van der Waals surface area contributed by atoms with Crippen LogP contribution in [0.1, 0.15) is 47.5 Å². The molecule has 3 fully saturated rings. The van der Waals surface area contributed by atoms with E-state index in [0.29, 0.717) is 42.0 Å². The van der Waals surface area contributed by atoms with Crippen molar-refractivity contribution in [2.75, 3.05) is 25.0 Å². The van der Waals surface area contributed by atoms with E-state index >= 15 is 0 Å². The molecule has 7 atom stereocenters. The first-order valence-electron chi connectivity index (χ1n) is 14.0. The number of alkyl carbamates (subject to hydrolysis) is 1. The van der Waals surface area contributed by atoms with Gasteiger partial charge in [-0.3, -0.25) is 0 Å². The third-order valence-electron chi connectivity index (χ3n) is 7.74. The molecule has 1 aliphatic carbocycles. The molecule has 40 heavy (non-hydrogen) atoms. The van der Waals surface area contributed by atoms with Crippen molar-refractivity contribution >= 4 is 33.2 Å². The van der Waals surface area contributed by atoms with Crippen LogP contribution in [0.2, 0.25) is 0 Å². The minimum Gasteiger partial charge on any atom is -0.443 e. The molecule has 0 radical (unpaired) electrons. The van der Waals surface area contributed by atoms with Gasteiger partial charge in [-0.1, -0.05) is 13.8 Å². The Labute approximate surface area is 234 Å². The third-order valence-corrected chi connectivity index (χ3v) is 9.57. The minimum atomic E-state index is -4.00. The van der Waals surface area contributed by atoms with Crippen LogP contribution in [-0.2, 0) is 24.2 Å². The van der Waals surface area contributed by atoms with Crippen LogP contribution in [0, 0.1) is 17.8 Å². The molecule has 2 saturated heterocycles. The SMILES string of the molecule is CC(C)CN(C[C@@H](O)[C@H](C)NC(=O)OC1C[C@@H]2CO[C@@H]3OC1C[C@H]23)S(=O)(=O)c1ccc2nc(NC(C)C)oc2c1. The fourth-order valence-corrected chi connectivity index (χ4v) is 7.34. The molecule has 3 heterocycles. The maximum atomic E-state index is 13.7. The van der Waals surface area contributed by atoms with Crippen molar-refractivity contribution in [3.05, 3.63) is 18.2 Å². The average molecular weight is 581 g/mol. The molecule has 1 aromatic carbocycles. The zero-order valence-electron chi connectivity index (χ0n) is 23.6. The number of carbonyl (C=O) groups excluding carboxylic acids is 1. The summed E-state index contributed by atoms with van der Waals surface area (Å²) in [5, 5.41) is 16.7. The molecule has 1 saturated carbocycles. The van der Waals surface area contributed by atoms with Crippen molar-refractivity contribution in [3.8, 4) is 0 Å². The number of rotatable bonds is 11. The molecular formula is C27H40N4O8S. The van der Waals surface area contributed by atoms with E-state index in [2.05, 4.69) is 15.6 Å². The summed E-state index contributed by atoms with van der Waals surface area (Å²) in [5.41, 5.74) is 0.873. The van der Waals surface area contributed by atoms with E-state index < -0.39 is 28.3 Å². The maximum Gasteiger partial charge on any atom is 0.407 e. The van der Waals surface area contributed by atoms with Gasteiger partial charge in [-0.2, -0.15) is 9.29 Å². The summed E-state index contributed by atoms with van der Waals surface area (Å²) in [7, 11) is -4.00. The number of amides is 1. The number of aromatic nitrogens is 1. The van der Waals surface area contributed by atoms with Gasteiger partial charge in [0.05, 0.1) is 29.8 Å². The second-order valence-electron chi connectivity index (χ2n) is 11.9. The van der Waals surface area contributed by atoms with Crippen LogP contribution in [-0.4, -0.2) is 85.3 Å². The molecule has 13 heteroatoms. The Morgan fingerprint density at radius 1 is 1.20 bits per heavy atom. The number of nitrogens with zero attached hydrogens (tertiary/aromatic N) is 2. The van der Waals surface area contributed by atoms with Crippen LogP contribution in [0.3, 0.4) is 0 Å². The highest BCUT2D eigenvalue weighted by Crippen LogP contribution is 2.47. The summed E-state index contributed by atoms with van der Waals surface area (Å²) < 4.78 is 51.5. The summed E-state index contributed by atoms with van der Waals surface area (Å²) >= 11 is 0. The second kappa shape index (κ2) is 11.4. The molecule has 2 aliphatic heterocycles. The molecular weight excluding hydrogens is 540 g/mol. The van der Waals surface area contributed by atoms with Crippen LogP contribution in [0.5, 0.6) is 0 Å². The lowest BCUT2D eigenvalue weighted by molar-refractivity contribution is -0.147. The van der Waals surface area contributed by atoms with Crippen molar-refractivity contribution in [1.82, 2.24) is 14.6 Å². The number of carbonyl (C=O) groups is 1. The number of oxazole rings is 1. The summed E-state index contributed by atoms with van der Waals surface area (Å²) in [6.45, 7) is 9.88. The Hall–Kier alpha value is -2.45. The Morgan fingerprint density at radius 2 is 1.98 bits per heavy atom. The Morgan fingerprint density at radius 3 is 2.70 bits per heavy atom. The lowest BCUT2D eigenvalue weighted by Crippen LogP contribution is -2.50. The largest absolute Gasteiger partial charge is 0.443 e. The minimum absolute atomic E-state index is 0.00749. The number of ether oxygens (including phenoxy) is 3. The number of benzene rings is 1. The van der Waals surface area contributed by atoms with Gasteiger partial charge in [0.15, 0.2) is 11.9 Å². The number of anilines is 1. The lowest BCUT2D eigenvalue weighted by Gasteiger charge is -2.32. The molecule has 5 rings (SSSR count). The molecule has 2 aromatic rings. The number of hydrogen-bond donors (Lipinski definition) is 3. The Kier molecular flexibility index (Phi) is 8.31. The number of aliphatic hydroxyl groups excluding tert-OH is 1. The number of sulfonamides is 1. The molecule has 1 amide bonds.